The quantitative estimate of drug-likeness (QED) is 0.298. The van der Waals surface area contributed by atoms with Gasteiger partial charge in [-0.05, 0) is 24.3 Å². The molecule has 0 unspecified atom stereocenters. The average Bonchev–Trinajstić information content (AvgIpc) is 2.66. The van der Waals surface area contributed by atoms with Crippen LogP contribution >= 0.6 is 0 Å². The first-order valence-corrected chi connectivity index (χ1v) is 7.47. The summed E-state index contributed by atoms with van der Waals surface area (Å²) >= 11 is 0. The normalized spacial score (nSPS) is 10.9. The molecular formula is C17H12N4O5. The van der Waals surface area contributed by atoms with E-state index in [9.17, 15) is 19.7 Å². The van der Waals surface area contributed by atoms with E-state index in [1.54, 1.807) is 30.3 Å². The summed E-state index contributed by atoms with van der Waals surface area (Å²) in [6.07, 6.45) is 2.32. The van der Waals surface area contributed by atoms with Crippen LogP contribution in [0.25, 0.3) is 17.0 Å². The number of hydrogen-bond acceptors (Lipinski definition) is 7. The number of nitrogens with zero attached hydrogens (tertiary/aromatic N) is 4. The third-order valence-electron chi connectivity index (χ3n) is 3.49. The smallest absolute Gasteiger partial charge is 0.332 e. The van der Waals surface area contributed by atoms with Gasteiger partial charge in [0.05, 0.1) is 15.9 Å². The summed E-state index contributed by atoms with van der Waals surface area (Å²) in [5.41, 5.74) is 0.132. The predicted molar refractivity (Wildman–Crippen MR) is 92.0 cm³/mol. The van der Waals surface area contributed by atoms with Gasteiger partial charge in [-0.1, -0.05) is 29.5 Å². The summed E-state index contributed by atoms with van der Waals surface area (Å²) < 4.78 is 5.86. The first kappa shape index (κ1) is 17.0. The molecule has 3 rings (SSSR count). The highest BCUT2D eigenvalue weighted by molar-refractivity contribution is 5.87. The van der Waals surface area contributed by atoms with Crippen molar-refractivity contribution in [3.05, 3.63) is 80.6 Å². The molecule has 0 N–H and O–H groups in total. The van der Waals surface area contributed by atoms with Crippen molar-refractivity contribution in [3.63, 3.8) is 0 Å². The van der Waals surface area contributed by atoms with Gasteiger partial charge in [0.15, 0.2) is 6.73 Å². The number of nitro groups is 1. The number of esters is 1. The van der Waals surface area contributed by atoms with Gasteiger partial charge in [-0.15, -0.1) is 5.10 Å². The molecule has 0 aliphatic carbocycles. The van der Waals surface area contributed by atoms with E-state index in [4.69, 9.17) is 4.74 Å². The Morgan fingerprint density at radius 2 is 1.92 bits per heavy atom. The van der Waals surface area contributed by atoms with E-state index in [0.29, 0.717) is 10.9 Å². The van der Waals surface area contributed by atoms with Crippen molar-refractivity contribution in [2.45, 2.75) is 6.73 Å². The Hall–Kier alpha value is -3.88. The van der Waals surface area contributed by atoms with E-state index >= 15 is 0 Å². The molecule has 0 aliphatic rings. The minimum absolute atomic E-state index is 0.131. The topological polar surface area (TPSA) is 117 Å². The number of nitro benzene ring substituents is 1. The number of benzene rings is 2. The fraction of sp³-hybridized carbons (Fsp3) is 0.0588. The van der Waals surface area contributed by atoms with Crippen molar-refractivity contribution in [2.24, 2.45) is 0 Å². The third-order valence-corrected chi connectivity index (χ3v) is 3.49. The number of rotatable bonds is 5. The number of fused-ring (bicyclic) bond motifs is 1. The van der Waals surface area contributed by atoms with E-state index in [2.05, 4.69) is 10.3 Å². The maximum absolute atomic E-state index is 12.2. The molecular weight excluding hydrogens is 340 g/mol. The zero-order valence-corrected chi connectivity index (χ0v) is 13.3. The molecule has 1 aromatic heterocycles. The molecule has 0 amide bonds. The predicted octanol–water partition coefficient (Wildman–Crippen LogP) is 1.91. The lowest BCUT2D eigenvalue weighted by Gasteiger charge is -2.04. The van der Waals surface area contributed by atoms with E-state index in [-0.39, 0.29) is 11.3 Å². The van der Waals surface area contributed by atoms with Crippen LogP contribution in [0.15, 0.2) is 59.4 Å². The van der Waals surface area contributed by atoms with E-state index in [0.717, 1.165) is 10.8 Å². The van der Waals surface area contributed by atoms with E-state index in [1.165, 1.54) is 24.3 Å². The second-order valence-corrected chi connectivity index (χ2v) is 5.15. The number of carbonyl (C=O) groups is 1. The van der Waals surface area contributed by atoms with Gasteiger partial charge in [0, 0.05) is 12.1 Å². The van der Waals surface area contributed by atoms with Crippen LogP contribution in [0.4, 0.5) is 5.69 Å². The fourth-order valence-electron chi connectivity index (χ4n) is 2.23. The standard InChI is InChI=1S/C17H12N4O5/c22-16(10-9-12-5-1-4-8-15(12)21(24)25)26-11-20-17(23)13-6-2-3-7-14(13)18-19-20/h1-10H,11H2/b10-9+. The minimum Gasteiger partial charge on any atom is -0.439 e. The summed E-state index contributed by atoms with van der Waals surface area (Å²) in [6, 6.07) is 12.6. The van der Waals surface area contributed by atoms with Crippen molar-refractivity contribution < 1.29 is 14.5 Å². The number of aromatic nitrogens is 3. The van der Waals surface area contributed by atoms with Gasteiger partial charge in [-0.25, -0.2) is 4.79 Å². The lowest BCUT2D eigenvalue weighted by Crippen LogP contribution is -2.26. The van der Waals surface area contributed by atoms with Crippen molar-refractivity contribution in [1.82, 2.24) is 15.0 Å². The molecule has 0 aliphatic heterocycles. The highest BCUT2D eigenvalue weighted by Crippen LogP contribution is 2.18. The van der Waals surface area contributed by atoms with Crippen LogP contribution in [0.3, 0.4) is 0 Å². The summed E-state index contributed by atoms with van der Waals surface area (Å²) in [5.74, 6) is -0.773. The molecule has 2 aromatic carbocycles. The molecule has 26 heavy (non-hydrogen) atoms. The first-order valence-electron chi connectivity index (χ1n) is 7.47. The average molecular weight is 352 g/mol. The molecule has 9 heteroatoms. The molecule has 0 saturated carbocycles. The van der Waals surface area contributed by atoms with Gasteiger partial charge in [-0.2, -0.15) is 4.68 Å². The molecule has 0 fully saturated rings. The Balaban J connectivity index is 1.71. The van der Waals surface area contributed by atoms with Crippen molar-refractivity contribution in [3.8, 4) is 0 Å². The molecule has 130 valence electrons. The molecule has 1 heterocycles. The van der Waals surface area contributed by atoms with Crippen LogP contribution in [0.1, 0.15) is 5.56 Å². The van der Waals surface area contributed by atoms with Crippen LogP contribution in [0.5, 0.6) is 0 Å². The molecule has 0 saturated heterocycles. The maximum atomic E-state index is 12.2. The van der Waals surface area contributed by atoms with Crippen LogP contribution in [0.2, 0.25) is 0 Å². The van der Waals surface area contributed by atoms with Crippen molar-refractivity contribution >= 4 is 28.6 Å². The second-order valence-electron chi connectivity index (χ2n) is 5.15. The van der Waals surface area contributed by atoms with Gasteiger partial charge in [-0.3, -0.25) is 14.9 Å². The van der Waals surface area contributed by atoms with Crippen molar-refractivity contribution in [2.75, 3.05) is 0 Å². The summed E-state index contributed by atoms with van der Waals surface area (Å²) in [5, 5.41) is 18.9. The lowest BCUT2D eigenvalue weighted by atomic mass is 10.1. The highest BCUT2D eigenvalue weighted by atomic mass is 16.6. The third kappa shape index (κ3) is 3.61. The van der Waals surface area contributed by atoms with Gasteiger partial charge >= 0.3 is 5.97 Å². The van der Waals surface area contributed by atoms with Crippen LogP contribution < -0.4 is 5.56 Å². The van der Waals surface area contributed by atoms with E-state index < -0.39 is 23.2 Å². The Morgan fingerprint density at radius 1 is 1.19 bits per heavy atom. The number of carbonyl (C=O) groups excluding carboxylic acids is 1. The van der Waals surface area contributed by atoms with Gasteiger partial charge in [0.2, 0.25) is 0 Å². The number of para-hydroxylation sites is 1. The Morgan fingerprint density at radius 3 is 2.73 bits per heavy atom. The van der Waals surface area contributed by atoms with Gasteiger partial charge in [0.25, 0.3) is 11.2 Å². The molecule has 9 nitrogen and oxygen atoms in total. The minimum atomic E-state index is -0.773. The summed E-state index contributed by atoms with van der Waals surface area (Å²) in [7, 11) is 0. The van der Waals surface area contributed by atoms with Gasteiger partial charge < -0.3 is 4.74 Å². The van der Waals surface area contributed by atoms with E-state index in [1.807, 2.05) is 0 Å². The van der Waals surface area contributed by atoms with Crippen LogP contribution in [0, 0.1) is 10.1 Å². The zero-order valence-electron chi connectivity index (χ0n) is 13.3. The Kier molecular flexibility index (Phi) is 4.79. The van der Waals surface area contributed by atoms with Gasteiger partial charge in [0.1, 0.15) is 5.52 Å². The number of ether oxygens (including phenoxy) is 1. The monoisotopic (exact) mass is 352 g/mol. The SMILES string of the molecule is O=C(/C=C/c1ccccc1[N+](=O)[O-])OCn1nnc2ccccc2c1=O. The molecule has 0 spiro atoms. The molecule has 0 radical (unpaired) electrons. The zero-order chi connectivity index (χ0) is 18.5. The fourth-order valence-corrected chi connectivity index (χ4v) is 2.23. The van der Waals surface area contributed by atoms with Crippen LogP contribution in [-0.2, 0) is 16.3 Å². The molecule has 0 atom stereocenters. The largest absolute Gasteiger partial charge is 0.439 e. The summed E-state index contributed by atoms with van der Waals surface area (Å²) in [4.78, 5) is 34.4. The van der Waals surface area contributed by atoms with Crippen molar-refractivity contribution in [1.29, 1.82) is 0 Å². The Labute approximate surface area is 146 Å². The molecule has 3 aromatic rings. The summed E-state index contributed by atoms with van der Waals surface area (Å²) in [6.45, 7) is -0.420. The second kappa shape index (κ2) is 7.34. The maximum Gasteiger partial charge on any atom is 0.332 e. The lowest BCUT2D eigenvalue weighted by molar-refractivity contribution is -0.385. The Bertz CT molecular complexity index is 1070. The first-order chi connectivity index (χ1) is 12.6. The highest BCUT2D eigenvalue weighted by Gasteiger charge is 2.10. The number of hydrogen-bond donors (Lipinski definition) is 0. The van der Waals surface area contributed by atoms with Crippen LogP contribution in [-0.4, -0.2) is 25.9 Å². The molecule has 0 bridgehead atoms.